The molecule has 0 N–H and O–H groups in total. The molecule has 1 unspecified atom stereocenters. The molecule has 6 nitrogen and oxygen atoms in total. The van der Waals surface area contributed by atoms with Crippen molar-refractivity contribution in [1.82, 2.24) is 4.90 Å². The zero-order valence-electron chi connectivity index (χ0n) is 9.53. The minimum atomic E-state index is -0.480. The molecular weight excluding hydrogens is 256 g/mol. The number of amides is 2. The topological polar surface area (TPSA) is 80.5 Å². The molecule has 94 valence electrons. The number of rotatable bonds is 3. The molecule has 0 bridgehead atoms. The number of thioether (sulfide) groups is 1. The first-order valence-electron chi connectivity index (χ1n) is 5.20. The summed E-state index contributed by atoms with van der Waals surface area (Å²) in [4.78, 5) is 34.9. The van der Waals surface area contributed by atoms with Crippen molar-refractivity contribution in [3.63, 3.8) is 0 Å². The predicted octanol–water partition coefficient (Wildman–Crippen LogP) is 1.44. The molecule has 0 spiro atoms. The Morgan fingerprint density at radius 3 is 2.39 bits per heavy atom. The van der Waals surface area contributed by atoms with Gasteiger partial charge in [0.25, 0.3) is 5.69 Å². The Labute approximate surface area is 107 Å². The Balaban J connectivity index is 2.08. The summed E-state index contributed by atoms with van der Waals surface area (Å²) < 4.78 is 0. The van der Waals surface area contributed by atoms with Crippen molar-refractivity contribution in [2.24, 2.45) is 0 Å². The number of carbonyl (C=O) groups excluding carboxylic acids is 2. The smallest absolute Gasteiger partial charge is 0.269 e. The Kier molecular flexibility index (Phi) is 3.33. The van der Waals surface area contributed by atoms with Crippen LogP contribution in [0.25, 0.3) is 0 Å². The van der Waals surface area contributed by atoms with Crippen LogP contribution in [0, 0.1) is 10.1 Å². The van der Waals surface area contributed by atoms with E-state index in [9.17, 15) is 19.7 Å². The molecule has 1 fully saturated rings. The van der Waals surface area contributed by atoms with Gasteiger partial charge in [0.1, 0.15) is 0 Å². The monoisotopic (exact) mass is 266 g/mol. The van der Waals surface area contributed by atoms with E-state index in [1.807, 2.05) is 0 Å². The summed E-state index contributed by atoms with van der Waals surface area (Å²) in [6.45, 7) is 0. The van der Waals surface area contributed by atoms with Crippen LogP contribution in [0.4, 0.5) is 5.69 Å². The molecular formula is C11H10N2O4S. The van der Waals surface area contributed by atoms with E-state index in [2.05, 4.69) is 0 Å². The molecule has 1 aromatic carbocycles. The van der Waals surface area contributed by atoms with Crippen molar-refractivity contribution in [1.29, 1.82) is 0 Å². The van der Waals surface area contributed by atoms with E-state index in [0.717, 1.165) is 9.80 Å². The second-order valence-electron chi connectivity index (χ2n) is 3.85. The fourth-order valence-corrected chi connectivity index (χ4v) is 2.73. The van der Waals surface area contributed by atoms with Crippen molar-refractivity contribution in [2.75, 3.05) is 7.05 Å². The molecule has 2 amide bonds. The van der Waals surface area contributed by atoms with E-state index in [1.165, 1.54) is 30.9 Å². The largest absolute Gasteiger partial charge is 0.285 e. The third-order valence-electron chi connectivity index (χ3n) is 2.67. The quantitative estimate of drug-likeness (QED) is 0.470. The molecule has 0 radical (unpaired) electrons. The number of nitro benzene ring substituents is 1. The number of non-ortho nitro benzene ring substituents is 1. The summed E-state index contributed by atoms with van der Waals surface area (Å²) in [7, 11) is 1.46. The minimum absolute atomic E-state index is 0.00490. The van der Waals surface area contributed by atoms with Crippen LogP contribution < -0.4 is 0 Å². The summed E-state index contributed by atoms with van der Waals surface area (Å²) in [5, 5.41) is 10.1. The first-order valence-corrected chi connectivity index (χ1v) is 6.08. The van der Waals surface area contributed by atoms with E-state index in [4.69, 9.17) is 0 Å². The lowest BCUT2D eigenvalue weighted by Gasteiger charge is -2.08. The molecule has 2 rings (SSSR count). The van der Waals surface area contributed by atoms with Crippen molar-refractivity contribution in [2.45, 2.75) is 16.6 Å². The fraction of sp³-hybridized carbons (Fsp3) is 0.273. The Hall–Kier alpha value is -1.89. The highest BCUT2D eigenvalue weighted by Crippen LogP contribution is 2.31. The molecule has 0 aliphatic carbocycles. The van der Waals surface area contributed by atoms with Crippen LogP contribution in [0.3, 0.4) is 0 Å². The van der Waals surface area contributed by atoms with Gasteiger partial charge >= 0.3 is 0 Å². The van der Waals surface area contributed by atoms with Gasteiger partial charge in [-0.05, 0) is 12.1 Å². The lowest BCUT2D eigenvalue weighted by molar-refractivity contribution is -0.384. The second kappa shape index (κ2) is 4.77. The lowest BCUT2D eigenvalue weighted by atomic mass is 10.3. The third kappa shape index (κ3) is 2.35. The zero-order valence-corrected chi connectivity index (χ0v) is 10.3. The van der Waals surface area contributed by atoms with Crippen LogP contribution in [0.5, 0.6) is 0 Å². The molecule has 1 heterocycles. The number of nitrogens with zero attached hydrogens (tertiary/aromatic N) is 2. The summed E-state index contributed by atoms with van der Waals surface area (Å²) >= 11 is 1.25. The second-order valence-corrected chi connectivity index (χ2v) is 5.13. The highest BCUT2D eigenvalue weighted by atomic mass is 32.2. The van der Waals surface area contributed by atoms with Gasteiger partial charge in [0.05, 0.1) is 10.2 Å². The van der Waals surface area contributed by atoms with Crippen molar-refractivity contribution >= 4 is 29.3 Å². The Morgan fingerprint density at radius 2 is 1.94 bits per heavy atom. The molecule has 18 heavy (non-hydrogen) atoms. The van der Waals surface area contributed by atoms with Crippen LogP contribution >= 0.6 is 11.8 Å². The first kappa shape index (κ1) is 12.6. The maximum atomic E-state index is 11.7. The third-order valence-corrected chi connectivity index (χ3v) is 3.86. The number of imide groups is 1. The molecule has 1 aromatic rings. The van der Waals surface area contributed by atoms with Gasteiger partial charge in [-0.25, -0.2) is 0 Å². The van der Waals surface area contributed by atoms with Gasteiger partial charge in [-0.15, -0.1) is 11.8 Å². The maximum Gasteiger partial charge on any atom is 0.269 e. The number of hydrogen-bond donors (Lipinski definition) is 0. The van der Waals surface area contributed by atoms with Crippen LogP contribution in [-0.2, 0) is 9.59 Å². The fourth-order valence-electron chi connectivity index (χ4n) is 1.62. The van der Waals surface area contributed by atoms with Gasteiger partial charge in [0.2, 0.25) is 11.8 Å². The van der Waals surface area contributed by atoms with Crippen molar-refractivity contribution in [3.05, 3.63) is 34.4 Å². The van der Waals surface area contributed by atoms with Crippen molar-refractivity contribution in [3.8, 4) is 0 Å². The number of carbonyl (C=O) groups is 2. The van der Waals surface area contributed by atoms with Gasteiger partial charge < -0.3 is 0 Å². The molecule has 0 aromatic heterocycles. The Morgan fingerprint density at radius 1 is 1.33 bits per heavy atom. The van der Waals surface area contributed by atoms with E-state index >= 15 is 0 Å². The Bertz CT molecular complexity index is 514. The number of hydrogen-bond acceptors (Lipinski definition) is 5. The van der Waals surface area contributed by atoms with Crippen LogP contribution in [0.2, 0.25) is 0 Å². The van der Waals surface area contributed by atoms with Crippen LogP contribution in [0.1, 0.15) is 6.42 Å². The summed E-state index contributed by atoms with van der Waals surface area (Å²) in [6.07, 6.45) is 0.178. The maximum absolute atomic E-state index is 11.7. The van der Waals surface area contributed by atoms with Crippen LogP contribution in [-0.4, -0.2) is 33.9 Å². The molecule has 0 saturated carbocycles. The average molecular weight is 266 g/mol. The lowest BCUT2D eigenvalue weighted by Crippen LogP contribution is -2.26. The number of benzene rings is 1. The average Bonchev–Trinajstić information content (AvgIpc) is 2.58. The predicted molar refractivity (Wildman–Crippen MR) is 65.1 cm³/mol. The van der Waals surface area contributed by atoms with Gasteiger partial charge in [-0.2, -0.15) is 0 Å². The number of likely N-dealkylation sites (tertiary alicyclic amines) is 1. The van der Waals surface area contributed by atoms with Crippen LogP contribution in [0.15, 0.2) is 29.2 Å². The van der Waals surface area contributed by atoms with Gasteiger partial charge in [0.15, 0.2) is 0 Å². The molecule has 1 saturated heterocycles. The summed E-state index contributed by atoms with van der Waals surface area (Å²) in [5.41, 5.74) is 0.00490. The molecule has 1 atom stereocenters. The van der Waals surface area contributed by atoms with E-state index < -0.39 is 10.2 Å². The SMILES string of the molecule is CN1C(=O)CC(Sc2ccc([N+](=O)[O-])cc2)C1=O. The molecule has 1 aliphatic heterocycles. The normalized spacial score (nSPS) is 19.4. The van der Waals surface area contributed by atoms with Crippen molar-refractivity contribution < 1.29 is 14.5 Å². The minimum Gasteiger partial charge on any atom is -0.285 e. The standard InChI is InChI=1S/C11H10N2O4S/c1-12-10(14)6-9(11(12)15)18-8-4-2-7(3-5-8)13(16)17/h2-5,9H,6H2,1H3. The zero-order chi connectivity index (χ0) is 13.3. The van der Waals surface area contributed by atoms with Gasteiger partial charge in [-0.1, -0.05) is 0 Å². The molecule has 7 heteroatoms. The van der Waals surface area contributed by atoms with Gasteiger partial charge in [0, 0.05) is 30.5 Å². The highest BCUT2D eigenvalue weighted by molar-refractivity contribution is 8.00. The van der Waals surface area contributed by atoms with E-state index in [-0.39, 0.29) is 23.9 Å². The summed E-state index contributed by atoms with van der Waals surface area (Å²) in [6, 6.07) is 5.93. The number of nitro groups is 1. The first-order chi connectivity index (χ1) is 8.49. The van der Waals surface area contributed by atoms with E-state index in [0.29, 0.717) is 0 Å². The summed E-state index contributed by atoms with van der Waals surface area (Å²) in [5.74, 6) is -0.414. The highest BCUT2D eigenvalue weighted by Gasteiger charge is 2.36. The van der Waals surface area contributed by atoms with E-state index in [1.54, 1.807) is 12.1 Å². The van der Waals surface area contributed by atoms with Gasteiger partial charge in [-0.3, -0.25) is 24.6 Å². The molecule has 1 aliphatic rings.